The Balaban J connectivity index is 1.53. The van der Waals surface area contributed by atoms with Crippen LogP contribution in [0.3, 0.4) is 0 Å². The summed E-state index contributed by atoms with van der Waals surface area (Å²) >= 11 is 0. The highest BCUT2D eigenvalue weighted by Gasteiger charge is 2.08. The Labute approximate surface area is 143 Å². The van der Waals surface area contributed by atoms with Crippen molar-refractivity contribution in [2.24, 2.45) is 5.92 Å². The molecule has 3 aromatic rings. The first-order valence-corrected chi connectivity index (χ1v) is 8.36. The van der Waals surface area contributed by atoms with Crippen LogP contribution < -0.4 is 4.74 Å². The van der Waals surface area contributed by atoms with Crippen LogP contribution in [0.1, 0.15) is 18.4 Å². The maximum atomic E-state index is 5.90. The standard InChI is InChI=1S/C21H22N2O/c1-2-17(12-13-18-8-4-3-5-9-18)14-15-24-21-19-10-6-7-11-20(19)22-16-23-21/h2-11,16-17H,1,12-15H2. The van der Waals surface area contributed by atoms with Gasteiger partial charge in [-0.3, -0.25) is 0 Å². The van der Waals surface area contributed by atoms with Crippen LogP contribution in [0.2, 0.25) is 0 Å². The van der Waals surface area contributed by atoms with Crippen LogP contribution in [-0.4, -0.2) is 16.6 Å². The summed E-state index contributed by atoms with van der Waals surface area (Å²) in [5, 5.41) is 0.958. The zero-order valence-corrected chi connectivity index (χ0v) is 13.8. The third kappa shape index (κ3) is 4.19. The second kappa shape index (κ2) is 8.25. The fraction of sp³-hybridized carbons (Fsp3) is 0.238. The molecule has 24 heavy (non-hydrogen) atoms. The normalized spacial score (nSPS) is 12.0. The zero-order valence-electron chi connectivity index (χ0n) is 13.8. The molecule has 3 heteroatoms. The van der Waals surface area contributed by atoms with Crippen LogP contribution in [-0.2, 0) is 6.42 Å². The van der Waals surface area contributed by atoms with Crippen molar-refractivity contribution >= 4 is 10.9 Å². The molecule has 3 nitrogen and oxygen atoms in total. The van der Waals surface area contributed by atoms with Crippen LogP contribution in [0.25, 0.3) is 10.9 Å². The molecule has 0 aliphatic heterocycles. The van der Waals surface area contributed by atoms with Crippen LogP contribution in [0.15, 0.2) is 73.6 Å². The summed E-state index contributed by atoms with van der Waals surface area (Å²) in [5.74, 6) is 1.10. The predicted octanol–water partition coefficient (Wildman–Crippen LogP) is 4.83. The lowest BCUT2D eigenvalue weighted by Crippen LogP contribution is -2.07. The molecule has 0 saturated carbocycles. The number of para-hydroxylation sites is 1. The third-order valence-corrected chi connectivity index (χ3v) is 4.21. The van der Waals surface area contributed by atoms with Crippen molar-refractivity contribution in [3.8, 4) is 5.88 Å². The van der Waals surface area contributed by atoms with E-state index in [0.717, 1.165) is 30.2 Å². The molecule has 3 rings (SSSR count). The molecule has 0 fully saturated rings. The molecule has 0 saturated heterocycles. The first kappa shape index (κ1) is 16.2. The first-order valence-electron chi connectivity index (χ1n) is 8.36. The topological polar surface area (TPSA) is 35.0 Å². The third-order valence-electron chi connectivity index (χ3n) is 4.21. The Morgan fingerprint density at radius 3 is 2.58 bits per heavy atom. The van der Waals surface area contributed by atoms with Crippen molar-refractivity contribution < 1.29 is 4.74 Å². The molecule has 0 aliphatic carbocycles. The molecule has 0 amide bonds. The van der Waals surface area contributed by atoms with E-state index in [1.807, 2.05) is 36.4 Å². The smallest absolute Gasteiger partial charge is 0.224 e. The molecule has 1 heterocycles. The van der Waals surface area contributed by atoms with Crippen LogP contribution in [0.4, 0.5) is 0 Å². The molecule has 122 valence electrons. The van der Waals surface area contributed by atoms with Crippen molar-refractivity contribution in [3.63, 3.8) is 0 Å². The van der Waals surface area contributed by atoms with E-state index < -0.39 is 0 Å². The van der Waals surface area contributed by atoms with Crippen molar-refractivity contribution in [3.05, 3.63) is 79.1 Å². The summed E-state index contributed by atoms with van der Waals surface area (Å²) in [6.45, 7) is 4.60. The Hall–Kier alpha value is -2.68. The van der Waals surface area contributed by atoms with E-state index in [-0.39, 0.29) is 0 Å². The molecular weight excluding hydrogens is 296 g/mol. The Morgan fingerprint density at radius 1 is 0.958 bits per heavy atom. The van der Waals surface area contributed by atoms with Crippen molar-refractivity contribution in [1.82, 2.24) is 9.97 Å². The number of rotatable bonds is 8. The number of hydrogen-bond acceptors (Lipinski definition) is 3. The summed E-state index contributed by atoms with van der Waals surface area (Å²) in [6, 6.07) is 18.5. The quantitative estimate of drug-likeness (QED) is 0.558. The lowest BCUT2D eigenvalue weighted by Gasteiger charge is -2.13. The minimum absolute atomic E-state index is 0.443. The van der Waals surface area contributed by atoms with E-state index in [4.69, 9.17) is 4.74 Å². The average Bonchev–Trinajstić information content (AvgIpc) is 2.65. The van der Waals surface area contributed by atoms with Crippen molar-refractivity contribution in [2.75, 3.05) is 6.61 Å². The molecular formula is C21H22N2O. The number of ether oxygens (including phenoxy) is 1. The van der Waals surface area contributed by atoms with E-state index in [0.29, 0.717) is 18.4 Å². The van der Waals surface area contributed by atoms with Crippen LogP contribution in [0.5, 0.6) is 5.88 Å². The van der Waals surface area contributed by atoms with Crippen LogP contribution >= 0.6 is 0 Å². The fourth-order valence-corrected chi connectivity index (χ4v) is 2.78. The second-order valence-electron chi connectivity index (χ2n) is 5.85. The summed E-state index contributed by atoms with van der Waals surface area (Å²) in [6.07, 6.45) is 6.67. The summed E-state index contributed by atoms with van der Waals surface area (Å²) < 4.78 is 5.90. The Morgan fingerprint density at radius 2 is 1.75 bits per heavy atom. The highest BCUT2D eigenvalue weighted by Crippen LogP contribution is 2.21. The maximum absolute atomic E-state index is 5.90. The van der Waals surface area contributed by atoms with Gasteiger partial charge < -0.3 is 4.74 Å². The van der Waals surface area contributed by atoms with Gasteiger partial charge in [0.05, 0.1) is 17.5 Å². The Bertz CT molecular complexity index is 781. The number of allylic oxidation sites excluding steroid dienone is 1. The molecule has 1 unspecified atom stereocenters. The van der Waals surface area contributed by atoms with Crippen molar-refractivity contribution in [1.29, 1.82) is 0 Å². The number of nitrogens with zero attached hydrogens (tertiary/aromatic N) is 2. The van der Waals surface area contributed by atoms with Gasteiger partial charge in [-0.25, -0.2) is 9.97 Å². The van der Waals surface area contributed by atoms with E-state index in [2.05, 4.69) is 40.8 Å². The maximum Gasteiger partial charge on any atom is 0.224 e. The fourth-order valence-electron chi connectivity index (χ4n) is 2.78. The van der Waals surface area contributed by atoms with Gasteiger partial charge in [0, 0.05) is 0 Å². The predicted molar refractivity (Wildman–Crippen MR) is 98.1 cm³/mol. The van der Waals surface area contributed by atoms with Gasteiger partial charge in [0.1, 0.15) is 6.33 Å². The molecule has 0 aliphatic rings. The lowest BCUT2D eigenvalue weighted by atomic mass is 9.97. The van der Waals surface area contributed by atoms with Gasteiger partial charge in [0.2, 0.25) is 5.88 Å². The zero-order chi connectivity index (χ0) is 16.6. The van der Waals surface area contributed by atoms with Gasteiger partial charge in [0.15, 0.2) is 0 Å². The number of aromatic nitrogens is 2. The second-order valence-corrected chi connectivity index (χ2v) is 5.85. The summed E-state index contributed by atoms with van der Waals surface area (Å²) in [4.78, 5) is 8.52. The van der Waals surface area contributed by atoms with Gasteiger partial charge in [-0.2, -0.15) is 0 Å². The first-order chi connectivity index (χ1) is 11.9. The largest absolute Gasteiger partial charge is 0.477 e. The highest BCUT2D eigenvalue weighted by atomic mass is 16.5. The molecule has 1 atom stereocenters. The van der Waals surface area contributed by atoms with Gasteiger partial charge in [-0.05, 0) is 42.9 Å². The van der Waals surface area contributed by atoms with Crippen molar-refractivity contribution in [2.45, 2.75) is 19.3 Å². The summed E-state index contributed by atoms with van der Waals surface area (Å²) in [5.41, 5.74) is 2.28. The lowest BCUT2D eigenvalue weighted by molar-refractivity contribution is 0.281. The molecule has 0 radical (unpaired) electrons. The summed E-state index contributed by atoms with van der Waals surface area (Å²) in [7, 11) is 0. The molecule has 0 bridgehead atoms. The van der Waals surface area contributed by atoms with E-state index in [9.17, 15) is 0 Å². The number of aryl methyl sites for hydroxylation is 1. The molecule has 0 N–H and O–H groups in total. The number of hydrogen-bond donors (Lipinski definition) is 0. The highest BCUT2D eigenvalue weighted by molar-refractivity contribution is 5.82. The minimum Gasteiger partial charge on any atom is -0.477 e. The minimum atomic E-state index is 0.443. The van der Waals surface area contributed by atoms with Gasteiger partial charge in [-0.1, -0.05) is 48.5 Å². The van der Waals surface area contributed by atoms with Gasteiger partial charge in [0.25, 0.3) is 0 Å². The van der Waals surface area contributed by atoms with E-state index in [1.54, 1.807) is 6.33 Å². The SMILES string of the molecule is C=CC(CCOc1ncnc2ccccc12)CCc1ccccc1. The molecule has 1 aromatic heterocycles. The monoisotopic (exact) mass is 318 g/mol. The average molecular weight is 318 g/mol. The number of fused-ring (bicyclic) bond motifs is 1. The van der Waals surface area contributed by atoms with E-state index >= 15 is 0 Å². The molecule has 2 aromatic carbocycles. The van der Waals surface area contributed by atoms with Crippen LogP contribution in [0, 0.1) is 5.92 Å². The molecule has 0 spiro atoms. The van der Waals surface area contributed by atoms with E-state index in [1.165, 1.54) is 5.56 Å². The van der Waals surface area contributed by atoms with Gasteiger partial charge >= 0.3 is 0 Å². The van der Waals surface area contributed by atoms with Gasteiger partial charge in [-0.15, -0.1) is 6.58 Å². The Kier molecular flexibility index (Phi) is 5.56. The number of benzene rings is 2.